The highest BCUT2D eigenvalue weighted by molar-refractivity contribution is 5.88. The van der Waals surface area contributed by atoms with Crippen LogP contribution in [0.4, 0.5) is 14.9 Å². The van der Waals surface area contributed by atoms with Crippen LogP contribution in [0.15, 0.2) is 84.6 Å². The number of nitro groups is 1. The number of hydrogen-bond donors (Lipinski definition) is 0. The number of amides is 1. The second-order valence-electron chi connectivity index (χ2n) is 10.5. The summed E-state index contributed by atoms with van der Waals surface area (Å²) in [5.74, 6) is 0.709. The van der Waals surface area contributed by atoms with Gasteiger partial charge in [0.05, 0.1) is 30.2 Å². The first-order valence-electron chi connectivity index (χ1n) is 13.8. The molecular formula is C32H28FN3O7. The molecule has 0 N–H and O–H groups in total. The molecule has 1 aliphatic carbocycles. The van der Waals surface area contributed by atoms with Gasteiger partial charge in [0, 0.05) is 48.6 Å². The topological polar surface area (TPSA) is 113 Å². The largest absolute Gasteiger partial charge is 0.493 e. The van der Waals surface area contributed by atoms with Crippen LogP contribution in [0.3, 0.4) is 0 Å². The molecule has 2 aliphatic rings. The number of non-ortho nitro benzene ring substituents is 1. The van der Waals surface area contributed by atoms with Crippen molar-refractivity contribution in [3.8, 4) is 23.0 Å². The number of pyridine rings is 1. The van der Waals surface area contributed by atoms with Crippen LogP contribution in [0.2, 0.25) is 0 Å². The molecule has 0 bridgehead atoms. The maximum atomic E-state index is 14.5. The van der Waals surface area contributed by atoms with Crippen LogP contribution in [0, 0.1) is 27.8 Å². The molecule has 1 aromatic heterocycles. The third kappa shape index (κ3) is 6.06. The molecule has 6 rings (SSSR count). The molecule has 4 aromatic rings. The van der Waals surface area contributed by atoms with Crippen LogP contribution in [-0.4, -0.2) is 47.7 Å². The molecule has 1 aliphatic heterocycles. The van der Waals surface area contributed by atoms with Gasteiger partial charge in [0.25, 0.3) is 5.69 Å². The Bertz CT molecular complexity index is 1710. The number of nitrogens with zero attached hydrogens (tertiary/aromatic N) is 3. The van der Waals surface area contributed by atoms with Crippen molar-refractivity contribution in [2.45, 2.75) is 13.0 Å². The van der Waals surface area contributed by atoms with Gasteiger partial charge in [0.1, 0.15) is 12.4 Å². The van der Waals surface area contributed by atoms with Crippen LogP contribution in [-0.2, 0) is 11.3 Å². The van der Waals surface area contributed by atoms with Gasteiger partial charge in [-0.05, 0) is 35.8 Å². The van der Waals surface area contributed by atoms with Crippen molar-refractivity contribution >= 4 is 22.7 Å². The molecule has 2 atom stereocenters. The van der Waals surface area contributed by atoms with Gasteiger partial charge in [-0.15, -0.1) is 0 Å². The molecule has 1 amide bonds. The van der Waals surface area contributed by atoms with Gasteiger partial charge in [0.2, 0.25) is 0 Å². The molecule has 2 heterocycles. The number of nitro benzene ring substituents is 1. The van der Waals surface area contributed by atoms with Crippen molar-refractivity contribution in [1.82, 2.24) is 9.88 Å². The number of methoxy groups -OCH3 is 1. The third-order valence-electron chi connectivity index (χ3n) is 7.63. The lowest BCUT2D eigenvalue weighted by molar-refractivity contribution is -0.385. The highest BCUT2D eigenvalue weighted by atomic mass is 19.1. The van der Waals surface area contributed by atoms with Crippen LogP contribution < -0.4 is 14.2 Å². The smallest absolute Gasteiger partial charge is 0.410 e. The first-order chi connectivity index (χ1) is 20.9. The highest BCUT2D eigenvalue weighted by Gasteiger charge is 2.37. The lowest BCUT2D eigenvalue weighted by atomic mass is 10.0. The fourth-order valence-corrected chi connectivity index (χ4v) is 5.51. The summed E-state index contributed by atoms with van der Waals surface area (Å²) in [6.07, 6.45) is 4.27. The average Bonchev–Trinajstić information content (AvgIpc) is 3.59. The van der Waals surface area contributed by atoms with Gasteiger partial charge < -0.3 is 23.8 Å². The van der Waals surface area contributed by atoms with Crippen molar-refractivity contribution in [3.63, 3.8) is 0 Å². The number of hydrogen-bond acceptors (Lipinski definition) is 8. The summed E-state index contributed by atoms with van der Waals surface area (Å²) in [4.78, 5) is 29.0. The van der Waals surface area contributed by atoms with E-state index in [1.54, 1.807) is 23.1 Å². The fraction of sp³-hybridized carbons (Fsp3) is 0.250. The second-order valence-corrected chi connectivity index (χ2v) is 10.5. The molecule has 0 saturated carbocycles. The van der Waals surface area contributed by atoms with Gasteiger partial charge in [-0.1, -0.05) is 36.4 Å². The quantitative estimate of drug-likeness (QED) is 0.122. The molecule has 0 radical (unpaired) electrons. The maximum absolute atomic E-state index is 14.5. The molecule has 11 heteroatoms. The van der Waals surface area contributed by atoms with Crippen molar-refractivity contribution in [2.75, 3.05) is 26.8 Å². The molecule has 43 heavy (non-hydrogen) atoms. The first kappa shape index (κ1) is 28.0. The van der Waals surface area contributed by atoms with Crippen molar-refractivity contribution in [1.29, 1.82) is 0 Å². The van der Waals surface area contributed by atoms with E-state index in [1.165, 1.54) is 31.0 Å². The first-order valence-corrected chi connectivity index (χ1v) is 13.8. The Kier molecular flexibility index (Phi) is 7.78. The Morgan fingerprint density at radius 3 is 2.65 bits per heavy atom. The second kappa shape index (κ2) is 12.0. The monoisotopic (exact) mass is 585 g/mol. The number of rotatable bonds is 9. The van der Waals surface area contributed by atoms with Gasteiger partial charge in [-0.25, -0.2) is 9.18 Å². The van der Waals surface area contributed by atoms with Crippen molar-refractivity contribution < 1.29 is 33.1 Å². The van der Waals surface area contributed by atoms with Gasteiger partial charge in [-0.2, -0.15) is 0 Å². The number of halogens is 1. The molecular weight excluding hydrogens is 557 g/mol. The number of carbonyl (C=O) groups is 1. The number of carbonyl (C=O) groups excluding carboxylic acids is 1. The predicted molar refractivity (Wildman–Crippen MR) is 155 cm³/mol. The van der Waals surface area contributed by atoms with Gasteiger partial charge in [-0.3, -0.25) is 15.1 Å². The minimum atomic E-state index is -0.853. The zero-order chi connectivity index (χ0) is 29.9. The van der Waals surface area contributed by atoms with Crippen LogP contribution in [0.25, 0.3) is 10.9 Å². The molecule has 220 valence electrons. The zero-order valence-corrected chi connectivity index (χ0v) is 23.3. The molecule has 10 nitrogen and oxygen atoms in total. The number of benzene rings is 3. The van der Waals surface area contributed by atoms with E-state index in [4.69, 9.17) is 18.9 Å². The van der Waals surface area contributed by atoms with Gasteiger partial charge >= 0.3 is 6.09 Å². The van der Waals surface area contributed by atoms with Crippen LogP contribution in [0.1, 0.15) is 12.0 Å². The summed E-state index contributed by atoms with van der Waals surface area (Å²) in [6, 6.07) is 17.8. The standard InChI is InChI=1S/C32H28FN3O7/c1-40-30-14-25-27(34-10-9-28(25)43-29-8-7-24(36(38)39)13-26(29)33)15-31(30)41-19-21-11-22-16-35(17-23(22)12-21)32(37)42-18-20-5-3-2-4-6-20/h2-11,13-15,21,23H,12,16-19H2,1H3. The summed E-state index contributed by atoms with van der Waals surface area (Å²) in [5, 5.41) is 11.5. The molecule has 0 spiro atoms. The third-order valence-corrected chi connectivity index (χ3v) is 7.63. The number of ether oxygens (including phenoxy) is 4. The number of likely N-dealkylation sites (tertiary alicyclic amines) is 1. The SMILES string of the molecule is COc1cc2c(Oc3ccc([N+](=O)[O-])cc3F)ccnc2cc1OCC1C=C2CN(C(=O)OCc3ccccc3)CC2C1. The summed E-state index contributed by atoms with van der Waals surface area (Å²) < 4.78 is 37.5. The number of aromatic nitrogens is 1. The van der Waals surface area contributed by atoms with E-state index >= 15 is 0 Å². The Hall–Kier alpha value is -5.19. The minimum Gasteiger partial charge on any atom is -0.493 e. The van der Waals surface area contributed by atoms with Crippen LogP contribution in [0.5, 0.6) is 23.0 Å². The maximum Gasteiger partial charge on any atom is 0.410 e. The fourth-order valence-electron chi connectivity index (χ4n) is 5.51. The Labute approximate surface area is 246 Å². The molecule has 1 fully saturated rings. The van der Waals surface area contributed by atoms with E-state index < -0.39 is 10.7 Å². The van der Waals surface area contributed by atoms with Crippen LogP contribution >= 0.6 is 0 Å². The Morgan fingerprint density at radius 2 is 1.91 bits per heavy atom. The Morgan fingerprint density at radius 1 is 1.07 bits per heavy atom. The summed E-state index contributed by atoms with van der Waals surface area (Å²) >= 11 is 0. The van der Waals surface area contributed by atoms with E-state index in [0.717, 1.165) is 18.1 Å². The lowest BCUT2D eigenvalue weighted by Crippen LogP contribution is -2.30. The predicted octanol–water partition coefficient (Wildman–Crippen LogP) is 6.68. The van der Waals surface area contributed by atoms with E-state index in [-0.39, 0.29) is 36.0 Å². The van der Waals surface area contributed by atoms with Gasteiger partial charge in [0.15, 0.2) is 23.1 Å². The summed E-state index contributed by atoms with van der Waals surface area (Å²) in [5.41, 5.74) is 2.35. The molecule has 3 aromatic carbocycles. The van der Waals surface area contributed by atoms with Crippen molar-refractivity contribution in [3.05, 3.63) is 106 Å². The lowest BCUT2D eigenvalue weighted by Gasteiger charge is -2.18. The number of fused-ring (bicyclic) bond motifs is 2. The summed E-state index contributed by atoms with van der Waals surface area (Å²) in [7, 11) is 1.52. The van der Waals surface area contributed by atoms with E-state index in [1.807, 2.05) is 30.3 Å². The minimum absolute atomic E-state index is 0.153. The van der Waals surface area contributed by atoms with Crippen molar-refractivity contribution in [2.24, 2.45) is 11.8 Å². The molecule has 2 unspecified atom stereocenters. The van der Waals surface area contributed by atoms with E-state index in [0.29, 0.717) is 47.8 Å². The van der Waals surface area contributed by atoms with E-state index in [9.17, 15) is 19.3 Å². The summed E-state index contributed by atoms with van der Waals surface area (Å²) in [6.45, 7) is 1.85. The molecule has 1 saturated heterocycles. The Balaban J connectivity index is 1.10. The highest BCUT2D eigenvalue weighted by Crippen LogP contribution is 2.40. The zero-order valence-electron chi connectivity index (χ0n) is 23.3. The average molecular weight is 586 g/mol. The normalized spacial score (nSPS) is 17.3. The van der Waals surface area contributed by atoms with E-state index in [2.05, 4.69) is 11.1 Å².